The molecular formula is C16H18FN5O3. The molecule has 4 rings (SSSR count). The Morgan fingerprint density at radius 3 is 2.68 bits per heavy atom. The molecule has 0 atom stereocenters. The number of tetrazole rings is 1. The number of ether oxygens (including phenoxy) is 1. The first-order valence-corrected chi connectivity index (χ1v) is 8.26. The number of likely N-dealkylation sites (tertiary alicyclic amines) is 1. The minimum Gasteiger partial charge on any atom is -0.381 e. The zero-order valence-electron chi connectivity index (χ0n) is 13.6. The van der Waals surface area contributed by atoms with E-state index in [1.165, 1.54) is 18.2 Å². The van der Waals surface area contributed by atoms with Crippen molar-refractivity contribution in [1.29, 1.82) is 0 Å². The van der Waals surface area contributed by atoms with E-state index in [0.717, 1.165) is 47.9 Å². The average Bonchev–Trinajstić information content (AvgIpc) is 3.22. The van der Waals surface area contributed by atoms with Crippen LogP contribution in [0.1, 0.15) is 19.3 Å². The van der Waals surface area contributed by atoms with Crippen LogP contribution in [0.2, 0.25) is 0 Å². The van der Waals surface area contributed by atoms with Crippen LogP contribution in [0.25, 0.3) is 5.69 Å². The van der Waals surface area contributed by atoms with Gasteiger partial charge in [-0.1, -0.05) is 6.07 Å². The van der Waals surface area contributed by atoms with Gasteiger partial charge in [0.05, 0.1) is 12.3 Å². The molecule has 1 aromatic carbocycles. The Kier molecular flexibility index (Phi) is 3.87. The quantitative estimate of drug-likeness (QED) is 0.720. The first kappa shape index (κ1) is 15.9. The van der Waals surface area contributed by atoms with Gasteiger partial charge in [-0.05, 0) is 53.3 Å². The molecule has 3 heterocycles. The maximum absolute atomic E-state index is 13.3. The summed E-state index contributed by atoms with van der Waals surface area (Å²) in [5.74, 6) is -0.495. The largest absolute Gasteiger partial charge is 0.381 e. The fourth-order valence-corrected chi connectivity index (χ4v) is 3.49. The van der Waals surface area contributed by atoms with Crippen molar-refractivity contribution in [2.75, 3.05) is 26.3 Å². The maximum Gasteiger partial charge on any atom is 0.377 e. The van der Waals surface area contributed by atoms with Crippen molar-refractivity contribution in [3.8, 4) is 5.69 Å². The van der Waals surface area contributed by atoms with Gasteiger partial charge in [0.25, 0.3) is 0 Å². The molecule has 132 valence electrons. The van der Waals surface area contributed by atoms with E-state index in [2.05, 4.69) is 10.4 Å². The SMILES string of the molecule is O=C(N1CCC2(CCOC2)CC1)n1nnn(-c2cccc(F)c2)c1=O. The van der Waals surface area contributed by atoms with Gasteiger partial charge in [-0.15, -0.1) is 4.68 Å². The van der Waals surface area contributed by atoms with Crippen molar-refractivity contribution in [2.24, 2.45) is 5.41 Å². The number of hydrogen-bond acceptors (Lipinski definition) is 5. The number of hydrogen-bond donors (Lipinski definition) is 0. The second-order valence-electron chi connectivity index (χ2n) is 6.64. The lowest BCUT2D eigenvalue weighted by molar-refractivity contribution is 0.0907. The minimum absolute atomic E-state index is 0.168. The zero-order chi connectivity index (χ0) is 17.4. The average molecular weight is 347 g/mol. The molecular weight excluding hydrogens is 329 g/mol. The number of benzene rings is 1. The highest BCUT2D eigenvalue weighted by atomic mass is 19.1. The maximum atomic E-state index is 13.3. The van der Waals surface area contributed by atoms with E-state index in [0.29, 0.717) is 13.1 Å². The highest BCUT2D eigenvalue weighted by Crippen LogP contribution is 2.39. The van der Waals surface area contributed by atoms with Gasteiger partial charge < -0.3 is 9.64 Å². The summed E-state index contributed by atoms with van der Waals surface area (Å²) in [5.41, 5.74) is -0.314. The molecule has 0 saturated carbocycles. The predicted molar refractivity (Wildman–Crippen MR) is 85.0 cm³/mol. The van der Waals surface area contributed by atoms with Gasteiger partial charge in [-0.25, -0.2) is 14.0 Å². The highest BCUT2D eigenvalue weighted by Gasteiger charge is 2.39. The van der Waals surface area contributed by atoms with E-state index in [-0.39, 0.29) is 11.1 Å². The van der Waals surface area contributed by atoms with E-state index in [1.54, 1.807) is 4.90 Å². The second kappa shape index (κ2) is 6.07. The number of carbonyl (C=O) groups excluding carboxylic acids is 1. The minimum atomic E-state index is -0.708. The van der Waals surface area contributed by atoms with Gasteiger partial charge in [-0.2, -0.15) is 4.68 Å². The summed E-state index contributed by atoms with van der Waals surface area (Å²) in [4.78, 5) is 26.6. The predicted octanol–water partition coefficient (Wildman–Crippen LogP) is 1.04. The Labute approximate surface area is 142 Å². The lowest BCUT2D eigenvalue weighted by Gasteiger charge is -2.37. The van der Waals surface area contributed by atoms with Crippen LogP contribution < -0.4 is 5.69 Å². The number of carbonyl (C=O) groups is 1. The monoisotopic (exact) mass is 347 g/mol. The van der Waals surface area contributed by atoms with Crippen LogP contribution in [-0.2, 0) is 4.74 Å². The first-order chi connectivity index (χ1) is 12.1. The summed E-state index contributed by atoms with van der Waals surface area (Å²) in [7, 11) is 0. The van der Waals surface area contributed by atoms with Crippen molar-refractivity contribution in [3.63, 3.8) is 0 Å². The third-order valence-corrected chi connectivity index (χ3v) is 5.09. The molecule has 1 aromatic heterocycles. The topological polar surface area (TPSA) is 82.2 Å². The van der Waals surface area contributed by atoms with E-state index in [1.807, 2.05) is 0 Å². The molecule has 9 heteroatoms. The molecule has 8 nitrogen and oxygen atoms in total. The Morgan fingerprint density at radius 2 is 2.00 bits per heavy atom. The van der Waals surface area contributed by atoms with Gasteiger partial charge in [0, 0.05) is 19.7 Å². The van der Waals surface area contributed by atoms with Crippen LogP contribution in [0.5, 0.6) is 0 Å². The number of rotatable bonds is 1. The number of amides is 1. The van der Waals surface area contributed by atoms with E-state index in [9.17, 15) is 14.0 Å². The third kappa shape index (κ3) is 2.84. The Balaban J connectivity index is 1.53. The Bertz CT molecular complexity index is 845. The molecule has 0 aliphatic carbocycles. The van der Waals surface area contributed by atoms with Crippen LogP contribution >= 0.6 is 0 Å². The standard InChI is InChI=1S/C16H18FN5O3/c17-12-2-1-3-13(10-12)21-15(24)22(19-18-21)14(23)20-7-4-16(5-8-20)6-9-25-11-16/h1-3,10H,4-9,11H2. The van der Waals surface area contributed by atoms with Crippen molar-refractivity contribution in [1.82, 2.24) is 24.7 Å². The van der Waals surface area contributed by atoms with Gasteiger partial charge in [0.15, 0.2) is 0 Å². The first-order valence-electron chi connectivity index (χ1n) is 8.26. The van der Waals surface area contributed by atoms with Crippen molar-refractivity contribution in [3.05, 3.63) is 40.6 Å². The van der Waals surface area contributed by atoms with Crippen LogP contribution in [-0.4, -0.2) is 57.0 Å². The summed E-state index contributed by atoms with van der Waals surface area (Å²) in [6.07, 6.45) is 2.72. The molecule has 2 aliphatic rings. The molecule has 0 unspecified atom stereocenters. The second-order valence-corrected chi connectivity index (χ2v) is 6.64. The van der Waals surface area contributed by atoms with Crippen molar-refractivity contribution < 1.29 is 13.9 Å². The van der Waals surface area contributed by atoms with Crippen molar-refractivity contribution >= 4 is 6.03 Å². The molecule has 1 amide bonds. The molecule has 25 heavy (non-hydrogen) atoms. The van der Waals surface area contributed by atoms with Crippen LogP contribution in [0, 0.1) is 11.2 Å². The number of aromatic nitrogens is 4. The molecule has 0 bridgehead atoms. The van der Waals surface area contributed by atoms with Gasteiger partial charge in [0.1, 0.15) is 5.82 Å². The number of halogens is 1. The van der Waals surface area contributed by atoms with E-state index < -0.39 is 17.5 Å². The lowest BCUT2D eigenvalue weighted by Crippen LogP contribution is -2.47. The zero-order valence-corrected chi connectivity index (χ0v) is 13.6. The summed E-state index contributed by atoms with van der Waals surface area (Å²) in [5, 5.41) is 7.36. The highest BCUT2D eigenvalue weighted by molar-refractivity contribution is 5.75. The van der Waals surface area contributed by atoms with Crippen LogP contribution in [0.4, 0.5) is 9.18 Å². The Hall–Kier alpha value is -2.55. The normalized spacial score (nSPS) is 19.5. The molecule has 2 saturated heterocycles. The fourth-order valence-electron chi connectivity index (χ4n) is 3.49. The number of piperidine rings is 1. The summed E-state index contributed by atoms with van der Waals surface area (Å²) in [6.45, 7) is 2.63. The molecule has 0 N–H and O–H groups in total. The molecule has 2 fully saturated rings. The van der Waals surface area contributed by atoms with Gasteiger partial charge >= 0.3 is 11.7 Å². The molecule has 2 aromatic rings. The summed E-state index contributed by atoms with van der Waals surface area (Å²) in [6, 6.07) is 4.92. The third-order valence-electron chi connectivity index (χ3n) is 5.09. The van der Waals surface area contributed by atoms with Crippen LogP contribution in [0.15, 0.2) is 29.1 Å². The number of nitrogens with zero attached hydrogens (tertiary/aromatic N) is 5. The fraction of sp³-hybridized carbons (Fsp3) is 0.500. The van der Waals surface area contributed by atoms with Gasteiger partial charge in [-0.3, -0.25) is 0 Å². The van der Waals surface area contributed by atoms with Gasteiger partial charge in [0.2, 0.25) is 0 Å². The smallest absolute Gasteiger partial charge is 0.377 e. The summed E-state index contributed by atoms with van der Waals surface area (Å²) >= 11 is 0. The van der Waals surface area contributed by atoms with Crippen LogP contribution in [0.3, 0.4) is 0 Å². The van der Waals surface area contributed by atoms with E-state index >= 15 is 0 Å². The Morgan fingerprint density at radius 1 is 1.20 bits per heavy atom. The van der Waals surface area contributed by atoms with E-state index in [4.69, 9.17) is 4.74 Å². The lowest BCUT2D eigenvalue weighted by atomic mass is 9.78. The molecule has 0 radical (unpaired) electrons. The summed E-state index contributed by atoms with van der Waals surface area (Å²) < 4.78 is 20.5. The molecule has 1 spiro atoms. The van der Waals surface area contributed by atoms with Crippen molar-refractivity contribution in [2.45, 2.75) is 19.3 Å². The molecule has 2 aliphatic heterocycles.